The van der Waals surface area contributed by atoms with Crippen LogP contribution in [0.2, 0.25) is 0 Å². The first-order valence-electron chi connectivity index (χ1n) is 4.86. The summed E-state index contributed by atoms with van der Waals surface area (Å²) in [5.74, 6) is 0.271. The Labute approximate surface area is 93.6 Å². The van der Waals surface area contributed by atoms with Gasteiger partial charge in [-0.25, -0.2) is 0 Å². The van der Waals surface area contributed by atoms with Crippen molar-refractivity contribution >= 4 is 0 Å². The molecule has 1 heterocycles. The van der Waals surface area contributed by atoms with Gasteiger partial charge in [0.25, 0.3) is 0 Å². The number of aryl methyl sites for hydroxylation is 1. The molecule has 1 N–H and O–H groups in total. The summed E-state index contributed by atoms with van der Waals surface area (Å²) in [4.78, 5) is 4.00. The Hall–Kier alpha value is -2.34. The van der Waals surface area contributed by atoms with Gasteiger partial charge in [0, 0.05) is 18.0 Å². The van der Waals surface area contributed by atoms with Crippen LogP contribution in [0, 0.1) is 18.3 Å². The van der Waals surface area contributed by atoms with Crippen LogP contribution >= 0.6 is 0 Å². The largest absolute Gasteiger partial charge is 0.508 e. The van der Waals surface area contributed by atoms with Crippen LogP contribution in [0.3, 0.4) is 0 Å². The van der Waals surface area contributed by atoms with Crippen molar-refractivity contribution in [2.75, 3.05) is 0 Å². The Morgan fingerprint density at radius 2 is 2.00 bits per heavy atom. The molecule has 0 saturated heterocycles. The van der Waals surface area contributed by atoms with Gasteiger partial charge in [-0.1, -0.05) is 6.07 Å². The molecule has 0 fully saturated rings. The van der Waals surface area contributed by atoms with Crippen molar-refractivity contribution in [3.63, 3.8) is 0 Å². The van der Waals surface area contributed by atoms with E-state index in [0.717, 1.165) is 16.7 Å². The lowest BCUT2D eigenvalue weighted by molar-refractivity contribution is 0.471. The van der Waals surface area contributed by atoms with Crippen LogP contribution in [0.1, 0.15) is 11.1 Å². The highest BCUT2D eigenvalue weighted by Crippen LogP contribution is 2.25. The third-order valence-corrected chi connectivity index (χ3v) is 2.40. The van der Waals surface area contributed by atoms with Crippen LogP contribution < -0.4 is 0 Å². The summed E-state index contributed by atoms with van der Waals surface area (Å²) in [7, 11) is 0. The average Bonchev–Trinajstić information content (AvgIpc) is 2.33. The van der Waals surface area contributed by atoms with Gasteiger partial charge in [-0.3, -0.25) is 4.98 Å². The molecule has 0 radical (unpaired) electrons. The van der Waals surface area contributed by atoms with E-state index in [0.29, 0.717) is 5.56 Å². The molecule has 0 aliphatic heterocycles. The van der Waals surface area contributed by atoms with Crippen LogP contribution in [0.5, 0.6) is 5.75 Å². The second kappa shape index (κ2) is 4.03. The number of hydrogen-bond donors (Lipinski definition) is 1. The molecule has 0 saturated carbocycles. The predicted molar refractivity (Wildman–Crippen MR) is 60.8 cm³/mol. The second-order valence-corrected chi connectivity index (χ2v) is 3.58. The van der Waals surface area contributed by atoms with Crippen LogP contribution in [0.15, 0.2) is 36.7 Å². The smallest absolute Gasteiger partial charge is 0.118 e. The highest BCUT2D eigenvalue weighted by atomic mass is 16.3. The van der Waals surface area contributed by atoms with Crippen LogP contribution in [0.4, 0.5) is 0 Å². The molecule has 1 aromatic carbocycles. The van der Waals surface area contributed by atoms with Crippen molar-refractivity contribution in [1.82, 2.24) is 4.98 Å². The predicted octanol–water partition coefficient (Wildman–Crippen LogP) is 2.63. The minimum atomic E-state index is 0.271. The minimum absolute atomic E-state index is 0.271. The average molecular weight is 210 g/mol. The molecule has 0 spiro atoms. The van der Waals surface area contributed by atoms with E-state index in [2.05, 4.69) is 11.1 Å². The molecule has 2 rings (SSSR count). The lowest BCUT2D eigenvalue weighted by Crippen LogP contribution is -1.84. The summed E-state index contributed by atoms with van der Waals surface area (Å²) in [6.45, 7) is 1.83. The monoisotopic (exact) mass is 210 g/mol. The van der Waals surface area contributed by atoms with Crippen molar-refractivity contribution in [3.8, 4) is 22.9 Å². The number of nitriles is 1. The molecule has 0 unspecified atom stereocenters. The topological polar surface area (TPSA) is 56.9 Å². The maximum Gasteiger partial charge on any atom is 0.118 e. The van der Waals surface area contributed by atoms with Gasteiger partial charge in [-0.15, -0.1) is 0 Å². The lowest BCUT2D eigenvalue weighted by atomic mass is 10.0. The van der Waals surface area contributed by atoms with Crippen LogP contribution in [-0.4, -0.2) is 10.1 Å². The molecule has 3 heteroatoms. The Morgan fingerprint density at radius 1 is 1.19 bits per heavy atom. The quantitative estimate of drug-likeness (QED) is 0.787. The summed E-state index contributed by atoms with van der Waals surface area (Å²) in [5.41, 5.74) is 3.16. The zero-order valence-electron chi connectivity index (χ0n) is 8.81. The fourth-order valence-electron chi connectivity index (χ4n) is 1.49. The van der Waals surface area contributed by atoms with Crippen molar-refractivity contribution < 1.29 is 5.11 Å². The number of phenols is 1. The summed E-state index contributed by atoms with van der Waals surface area (Å²) < 4.78 is 0. The van der Waals surface area contributed by atoms with Gasteiger partial charge in [0.05, 0.1) is 5.56 Å². The first-order valence-corrected chi connectivity index (χ1v) is 4.86. The van der Waals surface area contributed by atoms with Crippen LogP contribution in [0.25, 0.3) is 11.1 Å². The maximum absolute atomic E-state index is 9.42. The molecule has 78 valence electrons. The molecule has 2 aromatic rings. The first kappa shape index (κ1) is 10.2. The Bertz CT molecular complexity index is 570. The van der Waals surface area contributed by atoms with E-state index in [1.54, 1.807) is 24.4 Å². The van der Waals surface area contributed by atoms with E-state index in [9.17, 15) is 5.11 Å². The normalized spacial score (nSPS) is 9.75. The Balaban J connectivity index is 2.51. The summed E-state index contributed by atoms with van der Waals surface area (Å²) in [6.07, 6.45) is 3.23. The number of phenolic OH excluding ortho intramolecular Hbond substituents is 1. The Kier molecular flexibility index (Phi) is 2.57. The molecule has 0 atom stereocenters. The fourth-order valence-corrected chi connectivity index (χ4v) is 1.49. The van der Waals surface area contributed by atoms with E-state index in [1.165, 1.54) is 6.20 Å². The molecule has 16 heavy (non-hydrogen) atoms. The molecule has 0 aliphatic rings. The molecule has 0 bridgehead atoms. The molecular weight excluding hydrogens is 200 g/mol. The van der Waals surface area contributed by atoms with Gasteiger partial charge in [0.2, 0.25) is 0 Å². The van der Waals surface area contributed by atoms with Gasteiger partial charge in [-0.05, 0) is 36.2 Å². The number of nitrogens with zero attached hydrogens (tertiary/aromatic N) is 2. The van der Waals surface area contributed by atoms with Gasteiger partial charge in [0.1, 0.15) is 11.8 Å². The molecule has 1 aromatic heterocycles. The van der Waals surface area contributed by atoms with Gasteiger partial charge in [-0.2, -0.15) is 5.26 Å². The van der Waals surface area contributed by atoms with Crippen molar-refractivity contribution in [3.05, 3.63) is 47.8 Å². The molecular formula is C13H10N2O. The maximum atomic E-state index is 9.42. The molecule has 0 amide bonds. The third-order valence-electron chi connectivity index (χ3n) is 2.40. The number of rotatable bonds is 1. The summed E-state index contributed by atoms with van der Waals surface area (Å²) in [6, 6.07) is 9.15. The molecule has 3 nitrogen and oxygen atoms in total. The van der Waals surface area contributed by atoms with E-state index in [-0.39, 0.29) is 5.75 Å². The van der Waals surface area contributed by atoms with Crippen molar-refractivity contribution in [2.45, 2.75) is 6.92 Å². The van der Waals surface area contributed by atoms with Crippen molar-refractivity contribution in [1.29, 1.82) is 5.26 Å². The zero-order chi connectivity index (χ0) is 11.5. The standard InChI is InChI=1S/C13H10N2O/c1-9-4-11(2-3-13(9)16)12-5-10(6-14)7-15-8-12/h2-5,7-8,16H,1H3. The van der Waals surface area contributed by atoms with E-state index >= 15 is 0 Å². The number of pyridine rings is 1. The first-order chi connectivity index (χ1) is 7.70. The number of hydrogen-bond acceptors (Lipinski definition) is 3. The van der Waals surface area contributed by atoms with E-state index in [4.69, 9.17) is 5.26 Å². The van der Waals surface area contributed by atoms with Crippen LogP contribution in [-0.2, 0) is 0 Å². The number of aromatic nitrogens is 1. The van der Waals surface area contributed by atoms with Gasteiger partial charge in [0.15, 0.2) is 0 Å². The van der Waals surface area contributed by atoms with E-state index in [1.807, 2.05) is 13.0 Å². The van der Waals surface area contributed by atoms with Gasteiger partial charge < -0.3 is 5.11 Å². The zero-order valence-corrected chi connectivity index (χ0v) is 8.81. The SMILES string of the molecule is Cc1cc(-c2cncc(C#N)c2)ccc1O. The van der Waals surface area contributed by atoms with Crippen molar-refractivity contribution in [2.24, 2.45) is 0 Å². The summed E-state index contributed by atoms with van der Waals surface area (Å²) >= 11 is 0. The fraction of sp³-hybridized carbons (Fsp3) is 0.0769. The minimum Gasteiger partial charge on any atom is -0.508 e. The van der Waals surface area contributed by atoms with E-state index < -0.39 is 0 Å². The number of aromatic hydroxyl groups is 1. The highest BCUT2D eigenvalue weighted by Gasteiger charge is 2.02. The summed E-state index contributed by atoms with van der Waals surface area (Å²) in [5, 5.41) is 18.2. The number of benzene rings is 1. The second-order valence-electron chi connectivity index (χ2n) is 3.58. The highest BCUT2D eigenvalue weighted by molar-refractivity contribution is 5.65. The van der Waals surface area contributed by atoms with Gasteiger partial charge >= 0.3 is 0 Å². The Morgan fingerprint density at radius 3 is 2.69 bits per heavy atom. The third kappa shape index (κ3) is 1.86. The molecule has 0 aliphatic carbocycles. The lowest BCUT2D eigenvalue weighted by Gasteiger charge is -2.04.